The van der Waals surface area contributed by atoms with Gasteiger partial charge in [-0.15, -0.1) is 0 Å². The lowest BCUT2D eigenvalue weighted by Gasteiger charge is -2.47. The number of hydrogen-bond donors (Lipinski definition) is 1. The number of piperidine rings is 1. The number of hydrogen-bond acceptors (Lipinski definition) is 4. The number of rotatable bonds is 1. The maximum Gasteiger partial charge on any atom is 0.196 e. The topological polar surface area (TPSA) is 44.9 Å². The van der Waals surface area contributed by atoms with E-state index in [1.165, 1.54) is 32.4 Å². The second-order valence-electron chi connectivity index (χ2n) is 6.47. The van der Waals surface area contributed by atoms with Crippen molar-refractivity contribution in [1.82, 2.24) is 4.90 Å². The third-order valence-electron chi connectivity index (χ3n) is 5.31. The van der Waals surface area contributed by atoms with Crippen molar-refractivity contribution in [1.29, 1.82) is 0 Å². The molecular weight excluding hydrogens is 328 g/mol. The molecule has 5 heteroatoms. The van der Waals surface area contributed by atoms with E-state index in [0.717, 1.165) is 23.1 Å². The Morgan fingerprint density at radius 2 is 2.14 bits per heavy atom. The van der Waals surface area contributed by atoms with E-state index in [9.17, 15) is 0 Å². The fourth-order valence-electron chi connectivity index (χ4n) is 4.28. The van der Waals surface area contributed by atoms with E-state index in [-0.39, 0.29) is 5.54 Å². The van der Waals surface area contributed by atoms with Crippen LogP contribution in [-0.2, 0) is 0 Å². The van der Waals surface area contributed by atoms with Crippen molar-refractivity contribution in [3.63, 3.8) is 0 Å². The van der Waals surface area contributed by atoms with Gasteiger partial charge in [-0.2, -0.15) is 0 Å². The summed E-state index contributed by atoms with van der Waals surface area (Å²) in [6, 6.07) is 9.05. The zero-order valence-corrected chi connectivity index (χ0v) is 13.7. The normalized spacial score (nSPS) is 32.5. The number of nitrogens with zero attached hydrogens (tertiary/aromatic N) is 3. The van der Waals surface area contributed by atoms with Crippen molar-refractivity contribution < 1.29 is 0 Å². The Bertz CT molecular complexity index is 587. The zero-order chi connectivity index (χ0) is 14.4. The van der Waals surface area contributed by atoms with Gasteiger partial charge in [0.05, 0.1) is 17.8 Å². The Balaban J connectivity index is 1.70. The van der Waals surface area contributed by atoms with Gasteiger partial charge < -0.3 is 15.5 Å². The van der Waals surface area contributed by atoms with Crippen molar-refractivity contribution >= 4 is 27.6 Å². The largest absolute Gasteiger partial charge is 0.369 e. The van der Waals surface area contributed by atoms with Gasteiger partial charge in [-0.25, -0.2) is 0 Å². The highest BCUT2D eigenvalue weighted by molar-refractivity contribution is 9.10. The predicted molar refractivity (Wildman–Crippen MR) is 89.7 cm³/mol. The van der Waals surface area contributed by atoms with E-state index >= 15 is 0 Å². The molecule has 4 nitrogen and oxygen atoms in total. The van der Waals surface area contributed by atoms with Crippen molar-refractivity contribution in [2.75, 3.05) is 24.5 Å². The Morgan fingerprint density at radius 1 is 1.29 bits per heavy atom. The van der Waals surface area contributed by atoms with Crippen molar-refractivity contribution in [2.24, 2.45) is 10.7 Å². The van der Waals surface area contributed by atoms with Gasteiger partial charge in [0.1, 0.15) is 0 Å². The Labute approximate surface area is 134 Å². The third kappa shape index (κ3) is 2.09. The van der Waals surface area contributed by atoms with Crippen LogP contribution in [0.15, 0.2) is 33.7 Å². The van der Waals surface area contributed by atoms with Gasteiger partial charge in [0, 0.05) is 17.1 Å². The summed E-state index contributed by atoms with van der Waals surface area (Å²) in [5.41, 5.74) is 7.50. The molecule has 1 aromatic carbocycles. The molecule has 0 aromatic heterocycles. The highest BCUT2D eigenvalue weighted by atomic mass is 79.9. The van der Waals surface area contributed by atoms with Gasteiger partial charge in [0.15, 0.2) is 5.96 Å². The second kappa shape index (κ2) is 4.99. The summed E-state index contributed by atoms with van der Waals surface area (Å²) in [5.74, 6) is 0.674. The molecule has 2 atom stereocenters. The lowest BCUT2D eigenvalue weighted by atomic mass is 9.82. The van der Waals surface area contributed by atoms with E-state index in [2.05, 4.69) is 48.9 Å². The maximum atomic E-state index is 6.26. The van der Waals surface area contributed by atoms with Crippen LogP contribution in [0.25, 0.3) is 0 Å². The minimum Gasteiger partial charge on any atom is -0.369 e. The number of para-hydroxylation sites is 1. The molecule has 2 N–H and O–H groups in total. The van der Waals surface area contributed by atoms with Gasteiger partial charge in [-0.3, -0.25) is 4.99 Å². The molecule has 3 aliphatic heterocycles. The van der Waals surface area contributed by atoms with E-state index in [4.69, 9.17) is 5.73 Å². The van der Waals surface area contributed by atoms with Crippen LogP contribution in [-0.4, -0.2) is 42.1 Å². The van der Waals surface area contributed by atoms with Crippen LogP contribution in [0.3, 0.4) is 0 Å². The first-order valence-corrected chi connectivity index (χ1v) is 8.58. The number of fused-ring (bicyclic) bond motifs is 1. The molecule has 2 unspecified atom stereocenters. The van der Waals surface area contributed by atoms with Crippen LogP contribution in [0.5, 0.6) is 0 Å². The summed E-state index contributed by atoms with van der Waals surface area (Å²) in [6.07, 6.45) is 4.99. The average Bonchev–Trinajstić information content (AvgIpc) is 3.06. The molecule has 0 aliphatic carbocycles. The van der Waals surface area contributed by atoms with Crippen LogP contribution < -0.4 is 10.6 Å². The third-order valence-corrected chi connectivity index (χ3v) is 5.98. The maximum absolute atomic E-state index is 6.26. The second-order valence-corrected chi connectivity index (χ2v) is 7.33. The van der Waals surface area contributed by atoms with Gasteiger partial charge in [-0.1, -0.05) is 12.1 Å². The van der Waals surface area contributed by atoms with Crippen LogP contribution >= 0.6 is 15.9 Å². The molecule has 21 heavy (non-hydrogen) atoms. The molecule has 0 radical (unpaired) electrons. The monoisotopic (exact) mass is 348 g/mol. The lowest BCUT2D eigenvalue weighted by molar-refractivity contribution is 0.140. The summed E-state index contributed by atoms with van der Waals surface area (Å²) in [5, 5.41) is 0. The van der Waals surface area contributed by atoms with Crippen molar-refractivity contribution in [3.8, 4) is 0 Å². The SMILES string of the molecule is NC1=NCC2(CCN3CCCC3C2)N1c1ccccc1Br. The molecule has 3 heterocycles. The summed E-state index contributed by atoms with van der Waals surface area (Å²) in [4.78, 5) is 9.56. The van der Waals surface area contributed by atoms with Gasteiger partial charge >= 0.3 is 0 Å². The highest BCUT2D eigenvalue weighted by Crippen LogP contribution is 2.43. The summed E-state index contributed by atoms with van der Waals surface area (Å²) >= 11 is 3.68. The molecule has 3 aliphatic rings. The minimum atomic E-state index is 0.0828. The number of aliphatic imine (C=N–C) groups is 1. The molecule has 1 aromatic rings. The number of guanidine groups is 1. The minimum absolute atomic E-state index is 0.0828. The number of anilines is 1. The van der Waals surface area contributed by atoms with Gasteiger partial charge in [0.25, 0.3) is 0 Å². The summed E-state index contributed by atoms with van der Waals surface area (Å²) in [7, 11) is 0. The fraction of sp³-hybridized carbons (Fsp3) is 0.562. The molecular formula is C16H21BrN4. The van der Waals surface area contributed by atoms with Crippen molar-refractivity contribution in [2.45, 2.75) is 37.3 Å². The van der Waals surface area contributed by atoms with Crippen molar-refractivity contribution in [3.05, 3.63) is 28.7 Å². The zero-order valence-electron chi connectivity index (χ0n) is 12.1. The number of halogens is 1. The highest BCUT2D eigenvalue weighted by Gasteiger charge is 2.49. The molecule has 0 saturated carbocycles. The average molecular weight is 349 g/mol. The van der Waals surface area contributed by atoms with Gasteiger partial charge in [-0.05, 0) is 60.3 Å². The van der Waals surface area contributed by atoms with E-state index < -0.39 is 0 Å². The van der Waals surface area contributed by atoms with Crippen LogP contribution in [0, 0.1) is 0 Å². The Kier molecular flexibility index (Phi) is 3.23. The summed E-state index contributed by atoms with van der Waals surface area (Å²) in [6.45, 7) is 3.28. The summed E-state index contributed by atoms with van der Waals surface area (Å²) < 4.78 is 1.10. The molecule has 0 bridgehead atoms. The molecule has 0 amide bonds. The Hall–Kier alpha value is -1.07. The van der Waals surface area contributed by atoms with Crippen LogP contribution in [0.2, 0.25) is 0 Å². The van der Waals surface area contributed by atoms with E-state index in [0.29, 0.717) is 12.0 Å². The molecule has 4 rings (SSSR count). The fourth-order valence-corrected chi connectivity index (χ4v) is 4.75. The quantitative estimate of drug-likeness (QED) is 0.848. The standard InChI is InChI=1S/C16H21BrN4/c17-13-5-1-2-6-14(13)21-15(18)19-11-16(21)7-9-20-8-3-4-12(20)10-16/h1-2,5-6,12H,3-4,7-11H2,(H2,18,19). The Morgan fingerprint density at radius 3 is 3.00 bits per heavy atom. The molecule has 2 saturated heterocycles. The van der Waals surface area contributed by atoms with Crippen LogP contribution in [0.4, 0.5) is 5.69 Å². The first-order chi connectivity index (χ1) is 10.2. The number of nitrogens with two attached hydrogens (primary N) is 1. The predicted octanol–water partition coefficient (Wildman–Crippen LogP) is 2.58. The van der Waals surface area contributed by atoms with E-state index in [1.807, 2.05) is 6.07 Å². The molecule has 112 valence electrons. The van der Waals surface area contributed by atoms with Gasteiger partial charge in [0.2, 0.25) is 0 Å². The van der Waals surface area contributed by atoms with E-state index in [1.54, 1.807) is 0 Å². The molecule has 1 spiro atoms. The lowest BCUT2D eigenvalue weighted by Crippen LogP contribution is -2.59. The van der Waals surface area contributed by atoms with Crippen LogP contribution in [0.1, 0.15) is 25.7 Å². The first-order valence-electron chi connectivity index (χ1n) is 7.78. The molecule has 2 fully saturated rings. The first kappa shape index (κ1) is 13.6. The smallest absolute Gasteiger partial charge is 0.196 e. The number of benzene rings is 1.